The van der Waals surface area contributed by atoms with Gasteiger partial charge in [-0.25, -0.2) is 9.82 Å². The van der Waals surface area contributed by atoms with E-state index in [1.165, 1.54) is 18.3 Å². The Morgan fingerprint density at radius 3 is 2.28 bits per heavy atom. The van der Waals surface area contributed by atoms with Gasteiger partial charge >= 0.3 is 0 Å². The first-order chi connectivity index (χ1) is 18.9. The van der Waals surface area contributed by atoms with Crippen molar-refractivity contribution in [1.82, 2.24) is 5.43 Å². The van der Waals surface area contributed by atoms with E-state index in [2.05, 4.69) is 10.5 Å². The van der Waals surface area contributed by atoms with E-state index in [1.54, 1.807) is 42.5 Å². The summed E-state index contributed by atoms with van der Waals surface area (Å²) in [7, 11) is 0. The lowest BCUT2D eigenvalue weighted by atomic mass is 10.2. The molecular formula is C30H25Cl2FN2O4. The SMILES string of the molecule is CCOc1cc(C(=O)N/N=C/c2cc(Cl)c(OCc3cccc(F)c3)c(Cl)c2)ccc1OCc1ccccc1. The van der Waals surface area contributed by atoms with E-state index < -0.39 is 5.91 Å². The van der Waals surface area contributed by atoms with Crippen LogP contribution in [-0.4, -0.2) is 18.7 Å². The van der Waals surface area contributed by atoms with Gasteiger partial charge in [-0.1, -0.05) is 65.7 Å². The van der Waals surface area contributed by atoms with E-state index >= 15 is 0 Å². The van der Waals surface area contributed by atoms with Crippen molar-refractivity contribution in [1.29, 1.82) is 0 Å². The van der Waals surface area contributed by atoms with Crippen LogP contribution in [0.3, 0.4) is 0 Å². The number of halogens is 3. The first-order valence-corrected chi connectivity index (χ1v) is 12.8. The third-order valence-corrected chi connectivity index (χ3v) is 5.98. The van der Waals surface area contributed by atoms with Gasteiger partial charge in [-0.15, -0.1) is 0 Å². The molecule has 4 rings (SSSR count). The quantitative estimate of drug-likeness (QED) is 0.151. The first-order valence-electron chi connectivity index (χ1n) is 12.1. The molecular weight excluding hydrogens is 542 g/mol. The lowest BCUT2D eigenvalue weighted by Crippen LogP contribution is -2.17. The molecule has 1 amide bonds. The summed E-state index contributed by atoms with van der Waals surface area (Å²) in [6.07, 6.45) is 1.41. The van der Waals surface area contributed by atoms with Gasteiger partial charge in [-0.05, 0) is 66.1 Å². The van der Waals surface area contributed by atoms with Crippen LogP contribution in [0.1, 0.15) is 34.0 Å². The van der Waals surface area contributed by atoms with E-state index in [9.17, 15) is 9.18 Å². The topological polar surface area (TPSA) is 69.2 Å². The second kappa shape index (κ2) is 13.6. The molecule has 0 bridgehead atoms. The predicted octanol–water partition coefficient (Wildman–Crippen LogP) is 7.45. The summed E-state index contributed by atoms with van der Waals surface area (Å²) >= 11 is 12.7. The summed E-state index contributed by atoms with van der Waals surface area (Å²) in [5.41, 5.74) is 5.03. The molecule has 200 valence electrons. The van der Waals surface area contributed by atoms with Crippen LogP contribution >= 0.6 is 23.2 Å². The molecule has 0 aliphatic carbocycles. The summed E-state index contributed by atoms with van der Waals surface area (Å²) in [6, 6.07) is 23.9. The Balaban J connectivity index is 1.38. The number of benzene rings is 4. The molecule has 9 heteroatoms. The van der Waals surface area contributed by atoms with Crippen molar-refractivity contribution in [3.63, 3.8) is 0 Å². The minimum Gasteiger partial charge on any atom is -0.490 e. The predicted molar refractivity (Wildman–Crippen MR) is 151 cm³/mol. The van der Waals surface area contributed by atoms with Gasteiger partial charge in [0.25, 0.3) is 5.91 Å². The molecule has 39 heavy (non-hydrogen) atoms. The van der Waals surface area contributed by atoms with Crippen molar-refractivity contribution in [2.45, 2.75) is 20.1 Å². The zero-order valence-corrected chi connectivity index (χ0v) is 22.5. The Labute approximate surface area is 235 Å². The van der Waals surface area contributed by atoms with E-state index in [1.807, 2.05) is 37.3 Å². The Morgan fingerprint density at radius 2 is 1.56 bits per heavy atom. The van der Waals surface area contributed by atoms with E-state index in [4.69, 9.17) is 37.4 Å². The summed E-state index contributed by atoms with van der Waals surface area (Å²) in [4.78, 5) is 12.7. The minimum atomic E-state index is -0.436. The zero-order valence-electron chi connectivity index (χ0n) is 21.0. The smallest absolute Gasteiger partial charge is 0.271 e. The fourth-order valence-electron chi connectivity index (χ4n) is 3.58. The molecule has 0 radical (unpaired) electrons. The normalized spacial score (nSPS) is 10.9. The van der Waals surface area contributed by atoms with Crippen molar-refractivity contribution in [3.8, 4) is 17.2 Å². The average molecular weight is 567 g/mol. The fraction of sp³-hybridized carbons (Fsp3) is 0.133. The lowest BCUT2D eigenvalue weighted by molar-refractivity contribution is 0.0954. The molecule has 0 saturated carbocycles. The minimum absolute atomic E-state index is 0.0977. The van der Waals surface area contributed by atoms with Crippen LogP contribution in [0.5, 0.6) is 17.2 Å². The largest absolute Gasteiger partial charge is 0.490 e. The molecule has 0 heterocycles. The highest BCUT2D eigenvalue weighted by molar-refractivity contribution is 6.37. The van der Waals surface area contributed by atoms with Crippen LogP contribution in [0.25, 0.3) is 0 Å². The summed E-state index contributed by atoms with van der Waals surface area (Å²) in [5, 5.41) is 4.51. The molecule has 0 aliphatic heterocycles. The maximum atomic E-state index is 13.4. The number of nitrogens with zero attached hydrogens (tertiary/aromatic N) is 1. The maximum Gasteiger partial charge on any atom is 0.271 e. The maximum absolute atomic E-state index is 13.4. The lowest BCUT2D eigenvalue weighted by Gasteiger charge is -2.13. The molecule has 0 fully saturated rings. The summed E-state index contributed by atoms with van der Waals surface area (Å²) < 4.78 is 30.6. The third kappa shape index (κ3) is 7.96. The van der Waals surface area contributed by atoms with Crippen molar-refractivity contribution >= 4 is 35.3 Å². The van der Waals surface area contributed by atoms with E-state index in [0.29, 0.717) is 41.4 Å². The van der Waals surface area contributed by atoms with E-state index in [0.717, 1.165) is 5.56 Å². The van der Waals surface area contributed by atoms with Gasteiger partial charge in [-0.3, -0.25) is 4.79 Å². The monoisotopic (exact) mass is 566 g/mol. The Morgan fingerprint density at radius 1 is 0.846 bits per heavy atom. The van der Waals surface area contributed by atoms with Crippen molar-refractivity contribution in [3.05, 3.63) is 123 Å². The van der Waals surface area contributed by atoms with Crippen molar-refractivity contribution in [2.75, 3.05) is 6.61 Å². The molecule has 4 aromatic carbocycles. The van der Waals surface area contributed by atoms with Gasteiger partial charge < -0.3 is 14.2 Å². The highest BCUT2D eigenvalue weighted by Crippen LogP contribution is 2.34. The van der Waals surface area contributed by atoms with Gasteiger partial charge in [0, 0.05) is 5.56 Å². The van der Waals surface area contributed by atoms with Crippen LogP contribution in [0, 0.1) is 5.82 Å². The zero-order chi connectivity index (χ0) is 27.6. The number of hydrogen-bond acceptors (Lipinski definition) is 5. The molecule has 0 unspecified atom stereocenters. The summed E-state index contributed by atoms with van der Waals surface area (Å²) in [6.45, 7) is 2.73. The highest BCUT2D eigenvalue weighted by atomic mass is 35.5. The molecule has 0 aromatic heterocycles. The third-order valence-electron chi connectivity index (χ3n) is 5.42. The van der Waals surface area contributed by atoms with Gasteiger partial charge in [0.15, 0.2) is 17.2 Å². The van der Waals surface area contributed by atoms with Crippen LogP contribution in [0.2, 0.25) is 10.0 Å². The molecule has 0 aliphatic rings. The van der Waals surface area contributed by atoms with Crippen LogP contribution in [0.4, 0.5) is 4.39 Å². The number of carbonyl (C=O) groups excluding carboxylic acids is 1. The second-order valence-corrected chi connectivity index (χ2v) is 9.11. The number of amides is 1. The number of carbonyl (C=O) groups is 1. The standard InChI is InChI=1S/C30H25Cl2FN2O4/c1-2-37-28-16-23(11-12-27(28)38-18-20-7-4-3-5-8-20)30(36)35-34-17-22-14-25(31)29(26(32)15-22)39-19-21-9-6-10-24(33)13-21/h3-17H,2,18-19H2,1H3,(H,35,36)/b34-17+. The second-order valence-electron chi connectivity index (χ2n) is 8.30. The van der Waals surface area contributed by atoms with Crippen molar-refractivity contribution in [2.24, 2.45) is 5.10 Å². The number of hydrazone groups is 1. The van der Waals surface area contributed by atoms with Crippen LogP contribution in [0.15, 0.2) is 90.0 Å². The Bertz CT molecular complexity index is 1440. The number of rotatable bonds is 11. The number of ether oxygens (including phenoxy) is 3. The molecule has 6 nitrogen and oxygen atoms in total. The molecule has 0 saturated heterocycles. The van der Waals surface area contributed by atoms with Gasteiger partial charge in [0.2, 0.25) is 0 Å². The van der Waals surface area contributed by atoms with E-state index in [-0.39, 0.29) is 28.2 Å². The van der Waals surface area contributed by atoms with Gasteiger partial charge in [0.1, 0.15) is 19.0 Å². The van der Waals surface area contributed by atoms with Gasteiger partial charge in [-0.2, -0.15) is 5.10 Å². The fourth-order valence-corrected chi connectivity index (χ4v) is 4.19. The van der Waals surface area contributed by atoms with Crippen LogP contribution in [-0.2, 0) is 13.2 Å². The highest BCUT2D eigenvalue weighted by Gasteiger charge is 2.13. The number of hydrogen-bond donors (Lipinski definition) is 1. The number of nitrogens with one attached hydrogen (secondary N) is 1. The molecule has 4 aromatic rings. The van der Waals surface area contributed by atoms with Gasteiger partial charge in [0.05, 0.1) is 22.9 Å². The Kier molecular flexibility index (Phi) is 9.78. The van der Waals surface area contributed by atoms with Crippen LogP contribution < -0.4 is 19.6 Å². The Hall–Kier alpha value is -4.07. The average Bonchev–Trinajstić information content (AvgIpc) is 2.92. The first kappa shape index (κ1) is 28.0. The van der Waals surface area contributed by atoms with Crippen molar-refractivity contribution < 1.29 is 23.4 Å². The molecule has 0 spiro atoms. The summed E-state index contributed by atoms with van der Waals surface area (Å²) in [5.74, 6) is 0.460. The molecule has 0 atom stereocenters. The molecule has 1 N–H and O–H groups in total.